The second-order valence-electron chi connectivity index (χ2n) is 2.34. The second-order valence-corrected chi connectivity index (χ2v) is 2.34. The molecule has 0 saturated heterocycles. The van der Waals surface area contributed by atoms with Crippen molar-refractivity contribution in [2.75, 3.05) is 33.5 Å². The van der Waals surface area contributed by atoms with E-state index in [1.54, 1.807) is 12.6 Å². The molecular formula is C7H17N3O3. The minimum absolute atomic E-state index is 0.0249. The smallest absolute Gasteiger partial charge is 0.212 e. The number of hydrogen-bond donors (Lipinski definition) is 3. The summed E-state index contributed by atoms with van der Waals surface area (Å²) in [5.74, 6) is 0.0249. The maximum atomic E-state index is 8.25. The highest BCUT2D eigenvalue weighted by Gasteiger charge is 1.89. The van der Waals surface area contributed by atoms with E-state index in [2.05, 4.69) is 4.99 Å². The molecule has 0 bridgehead atoms. The minimum atomic E-state index is 0.0249. The van der Waals surface area contributed by atoms with Gasteiger partial charge in [0.15, 0.2) is 0 Å². The van der Waals surface area contributed by atoms with Gasteiger partial charge in [-0.2, -0.15) is 0 Å². The molecule has 0 spiro atoms. The molecule has 13 heavy (non-hydrogen) atoms. The largest absolute Gasteiger partial charge is 0.382 e. The van der Waals surface area contributed by atoms with Crippen molar-refractivity contribution < 1.29 is 14.7 Å². The molecular weight excluding hydrogens is 174 g/mol. The van der Waals surface area contributed by atoms with Crippen molar-refractivity contribution in [2.45, 2.75) is 6.42 Å². The van der Waals surface area contributed by atoms with Crippen molar-refractivity contribution in [2.24, 2.45) is 10.7 Å². The molecule has 0 unspecified atom stereocenters. The van der Waals surface area contributed by atoms with Gasteiger partial charge in [0, 0.05) is 20.3 Å². The van der Waals surface area contributed by atoms with Gasteiger partial charge in [0.1, 0.15) is 0 Å². The zero-order chi connectivity index (χ0) is 9.94. The molecule has 0 saturated carbocycles. The number of nitrogens with one attached hydrogen (secondary N) is 1. The molecule has 0 aliphatic heterocycles. The fourth-order valence-electron chi connectivity index (χ4n) is 0.646. The zero-order valence-electron chi connectivity index (χ0n) is 7.82. The lowest BCUT2D eigenvalue weighted by molar-refractivity contribution is 0.0702. The van der Waals surface area contributed by atoms with Gasteiger partial charge in [0.2, 0.25) is 5.96 Å². The standard InChI is InChI=1S/C7H17N3O3/c1-12-5-6-13-4-2-3-9-7(8)10-11/h11H,2-6H2,1H3,(H3,8,9,10). The summed E-state index contributed by atoms with van der Waals surface area (Å²) in [6, 6.07) is 0. The van der Waals surface area contributed by atoms with Crippen molar-refractivity contribution in [1.82, 2.24) is 5.48 Å². The summed E-state index contributed by atoms with van der Waals surface area (Å²) in [6.07, 6.45) is 0.770. The number of rotatable bonds is 7. The molecule has 0 aliphatic rings. The molecule has 0 heterocycles. The molecule has 0 aromatic rings. The van der Waals surface area contributed by atoms with Crippen LogP contribution in [0.25, 0.3) is 0 Å². The van der Waals surface area contributed by atoms with Gasteiger partial charge < -0.3 is 15.2 Å². The predicted molar refractivity (Wildman–Crippen MR) is 48.7 cm³/mol. The quantitative estimate of drug-likeness (QED) is 0.215. The minimum Gasteiger partial charge on any atom is -0.382 e. The number of hydrogen-bond acceptors (Lipinski definition) is 4. The summed E-state index contributed by atoms with van der Waals surface area (Å²) < 4.78 is 9.96. The van der Waals surface area contributed by atoms with Gasteiger partial charge in [0.05, 0.1) is 13.2 Å². The Bertz CT molecular complexity index is 141. The van der Waals surface area contributed by atoms with Crippen molar-refractivity contribution in [1.29, 1.82) is 0 Å². The average molecular weight is 191 g/mol. The Morgan fingerprint density at radius 3 is 2.85 bits per heavy atom. The molecule has 6 heteroatoms. The SMILES string of the molecule is COCCOCCCN=C(N)NO. The molecule has 0 atom stereocenters. The highest BCUT2D eigenvalue weighted by molar-refractivity contribution is 5.76. The van der Waals surface area contributed by atoms with E-state index in [4.69, 9.17) is 20.4 Å². The fraction of sp³-hybridized carbons (Fsp3) is 0.857. The van der Waals surface area contributed by atoms with Gasteiger partial charge in [-0.05, 0) is 6.42 Å². The van der Waals surface area contributed by atoms with E-state index in [1.807, 2.05) is 0 Å². The summed E-state index contributed by atoms with van der Waals surface area (Å²) in [5, 5.41) is 8.25. The summed E-state index contributed by atoms with van der Waals surface area (Å²) in [4.78, 5) is 3.78. The molecule has 0 fully saturated rings. The summed E-state index contributed by atoms with van der Waals surface area (Å²) in [7, 11) is 1.63. The Labute approximate surface area is 77.7 Å². The van der Waals surface area contributed by atoms with Crippen LogP contribution in [-0.4, -0.2) is 44.6 Å². The molecule has 0 aliphatic carbocycles. The number of hydroxylamine groups is 1. The fourth-order valence-corrected chi connectivity index (χ4v) is 0.646. The molecule has 0 amide bonds. The lowest BCUT2D eigenvalue weighted by Gasteiger charge is -2.01. The average Bonchev–Trinajstić information content (AvgIpc) is 2.16. The van der Waals surface area contributed by atoms with Crippen molar-refractivity contribution in [3.8, 4) is 0 Å². The van der Waals surface area contributed by atoms with Crippen LogP contribution in [0.2, 0.25) is 0 Å². The van der Waals surface area contributed by atoms with Crippen LogP contribution < -0.4 is 11.2 Å². The van der Waals surface area contributed by atoms with Crippen LogP contribution in [0.5, 0.6) is 0 Å². The zero-order valence-corrected chi connectivity index (χ0v) is 7.82. The molecule has 78 valence electrons. The third-order valence-electron chi connectivity index (χ3n) is 1.28. The Balaban J connectivity index is 3.08. The molecule has 4 N–H and O–H groups in total. The van der Waals surface area contributed by atoms with Crippen LogP contribution in [0.3, 0.4) is 0 Å². The van der Waals surface area contributed by atoms with Crippen LogP contribution in [-0.2, 0) is 9.47 Å². The maximum absolute atomic E-state index is 8.25. The highest BCUT2D eigenvalue weighted by Crippen LogP contribution is 1.84. The lowest BCUT2D eigenvalue weighted by Crippen LogP contribution is -2.28. The van der Waals surface area contributed by atoms with Gasteiger partial charge in [-0.15, -0.1) is 0 Å². The Morgan fingerprint density at radius 2 is 2.23 bits per heavy atom. The number of methoxy groups -OCH3 is 1. The van der Waals surface area contributed by atoms with Crippen molar-refractivity contribution >= 4 is 5.96 Å². The molecule has 0 aromatic heterocycles. The second kappa shape index (κ2) is 9.24. The number of ether oxygens (including phenoxy) is 2. The first-order chi connectivity index (χ1) is 6.31. The van der Waals surface area contributed by atoms with Crippen molar-refractivity contribution in [3.63, 3.8) is 0 Å². The number of nitrogens with two attached hydrogens (primary N) is 1. The number of nitrogens with zero attached hydrogens (tertiary/aromatic N) is 1. The Hall–Kier alpha value is -0.850. The third-order valence-corrected chi connectivity index (χ3v) is 1.28. The van der Waals surface area contributed by atoms with E-state index in [9.17, 15) is 0 Å². The third kappa shape index (κ3) is 9.06. The van der Waals surface area contributed by atoms with Crippen LogP contribution >= 0.6 is 0 Å². The topological polar surface area (TPSA) is 89.1 Å². The lowest BCUT2D eigenvalue weighted by atomic mass is 10.5. The molecule has 0 rings (SSSR count). The van der Waals surface area contributed by atoms with E-state index < -0.39 is 0 Å². The van der Waals surface area contributed by atoms with Crippen molar-refractivity contribution in [3.05, 3.63) is 0 Å². The summed E-state index contributed by atoms with van der Waals surface area (Å²) in [5.41, 5.74) is 6.91. The van der Waals surface area contributed by atoms with Gasteiger partial charge in [-0.25, -0.2) is 5.48 Å². The van der Waals surface area contributed by atoms with Crippen LogP contribution in [0.1, 0.15) is 6.42 Å². The molecule has 0 aromatic carbocycles. The van der Waals surface area contributed by atoms with Crippen LogP contribution in [0.15, 0.2) is 4.99 Å². The van der Waals surface area contributed by atoms with E-state index >= 15 is 0 Å². The normalized spacial score (nSPS) is 11.7. The van der Waals surface area contributed by atoms with E-state index in [0.29, 0.717) is 26.4 Å². The van der Waals surface area contributed by atoms with Crippen LogP contribution in [0.4, 0.5) is 0 Å². The van der Waals surface area contributed by atoms with E-state index in [-0.39, 0.29) is 5.96 Å². The van der Waals surface area contributed by atoms with Gasteiger partial charge in [-0.3, -0.25) is 10.2 Å². The molecule has 6 nitrogen and oxygen atoms in total. The maximum Gasteiger partial charge on any atom is 0.212 e. The first kappa shape index (κ1) is 12.2. The number of guanidine groups is 1. The predicted octanol–water partition coefficient (Wildman–Crippen LogP) is -0.667. The van der Waals surface area contributed by atoms with Crippen LogP contribution in [0, 0.1) is 0 Å². The monoisotopic (exact) mass is 191 g/mol. The number of aliphatic imine (C=N–C) groups is 1. The van der Waals surface area contributed by atoms with E-state index in [1.165, 1.54) is 0 Å². The molecule has 0 radical (unpaired) electrons. The summed E-state index contributed by atoms with van der Waals surface area (Å²) >= 11 is 0. The first-order valence-electron chi connectivity index (χ1n) is 4.08. The van der Waals surface area contributed by atoms with Gasteiger partial charge in [0.25, 0.3) is 0 Å². The first-order valence-corrected chi connectivity index (χ1v) is 4.08. The van der Waals surface area contributed by atoms with Gasteiger partial charge >= 0.3 is 0 Å². The van der Waals surface area contributed by atoms with Gasteiger partial charge in [-0.1, -0.05) is 0 Å². The Morgan fingerprint density at radius 1 is 1.46 bits per heavy atom. The highest BCUT2D eigenvalue weighted by atomic mass is 16.5. The van der Waals surface area contributed by atoms with E-state index in [0.717, 1.165) is 6.42 Å². The summed E-state index contributed by atoms with van der Waals surface area (Å²) in [6.45, 7) is 2.34. The Kier molecular flexibility index (Phi) is 8.64.